The quantitative estimate of drug-likeness (QED) is 0.214. The highest BCUT2D eigenvalue weighted by Crippen LogP contribution is 2.44. The average Bonchev–Trinajstić information content (AvgIpc) is 2.92. The molecule has 186 valence electrons. The predicted molar refractivity (Wildman–Crippen MR) is 147 cm³/mol. The van der Waals surface area contributed by atoms with E-state index in [0.717, 1.165) is 16.6 Å². The van der Waals surface area contributed by atoms with E-state index in [9.17, 15) is 19.8 Å². The number of benzene rings is 4. The van der Waals surface area contributed by atoms with Crippen LogP contribution < -0.4 is 10.7 Å². The minimum Gasteiger partial charge on any atom is -0.507 e. The number of para-hydroxylation sites is 1. The number of anilines is 1. The highest BCUT2D eigenvalue weighted by molar-refractivity contribution is 6.31. The Morgan fingerprint density at radius 3 is 2.63 bits per heavy atom. The Morgan fingerprint density at radius 1 is 0.974 bits per heavy atom. The number of nitrogens with one attached hydrogen (secondary N) is 1. The number of phenols is 1. The number of hydrogen-bond acceptors (Lipinski definition) is 6. The molecule has 0 spiro atoms. The number of aromatic carboxylic acids is 1. The van der Waals surface area contributed by atoms with Crippen LogP contribution in [0.1, 0.15) is 15.9 Å². The van der Waals surface area contributed by atoms with Crippen LogP contribution in [0.3, 0.4) is 0 Å². The summed E-state index contributed by atoms with van der Waals surface area (Å²) in [6, 6.07) is 22.2. The highest BCUT2D eigenvalue weighted by atomic mass is 35.5. The monoisotopic (exact) mass is 522 g/mol. The van der Waals surface area contributed by atoms with Crippen molar-refractivity contribution in [2.75, 3.05) is 5.32 Å². The zero-order valence-electron chi connectivity index (χ0n) is 19.7. The Balaban J connectivity index is 1.61. The zero-order chi connectivity index (χ0) is 26.4. The summed E-state index contributed by atoms with van der Waals surface area (Å²) in [5.41, 5.74) is 3.41. The number of nitrogens with zero attached hydrogens (tertiary/aromatic N) is 1. The summed E-state index contributed by atoms with van der Waals surface area (Å²) in [6.45, 7) is 0.172. The summed E-state index contributed by atoms with van der Waals surface area (Å²) in [5.74, 6) is -0.894. The summed E-state index contributed by atoms with van der Waals surface area (Å²) in [6.07, 6.45) is 1.71. The molecule has 0 bridgehead atoms. The molecule has 8 heteroatoms. The maximum atomic E-state index is 12.4. The van der Waals surface area contributed by atoms with Crippen molar-refractivity contribution in [2.45, 2.75) is 6.54 Å². The molecule has 1 aliphatic carbocycles. The first-order valence-electron chi connectivity index (χ1n) is 11.7. The first kappa shape index (κ1) is 23.5. The first-order chi connectivity index (χ1) is 18.4. The Kier molecular flexibility index (Phi) is 5.70. The second kappa shape index (κ2) is 9.21. The van der Waals surface area contributed by atoms with Gasteiger partial charge in [-0.05, 0) is 42.0 Å². The molecule has 0 saturated carbocycles. The van der Waals surface area contributed by atoms with Gasteiger partial charge in [-0.25, -0.2) is 4.79 Å². The van der Waals surface area contributed by atoms with Gasteiger partial charge in [-0.1, -0.05) is 48.0 Å². The molecule has 3 aromatic carbocycles. The van der Waals surface area contributed by atoms with Crippen molar-refractivity contribution in [2.24, 2.45) is 0 Å². The fourth-order valence-corrected chi connectivity index (χ4v) is 4.94. The summed E-state index contributed by atoms with van der Waals surface area (Å²) in [5, 5.41) is 25.6. The van der Waals surface area contributed by atoms with Gasteiger partial charge in [-0.15, -0.1) is 0 Å². The van der Waals surface area contributed by atoms with Crippen molar-refractivity contribution >= 4 is 45.1 Å². The van der Waals surface area contributed by atoms with Gasteiger partial charge in [0, 0.05) is 40.7 Å². The van der Waals surface area contributed by atoms with E-state index < -0.39 is 11.4 Å². The molecule has 6 rings (SSSR count). The first-order valence-corrected chi connectivity index (χ1v) is 12.1. The second-order valence-corrected chi connectivity index (χ2v) is 9.19. The lowest BCUT2D eigenvalue weighted by Gasteiger charge is -2.19. The molecule has 7 nitrogen and oxygen atoms in total. The van der Waals surface area contributed by atoms with Gasteiger partial charge in [0.05, 0.1) is 27.4 Å². The molecule has 0 radical (unpaired) electrons. The van der Waals surface area contributed by atoms with E-state index in [1.54, 1.807) is 36.5 Å². The van der Waals surface area contributed by atoms with Crippen molar-refractivity contribution in [3.8, 4) is 28.2 Å². The molecule has 3 N–H and O–H groups in total. The maximum Gasteiger partial charge on any atom is 0.336 e. The topological polar surface area (TPSA) is 113 Å². The summed E-state index contributed by atoms with van der Waals surface area (Å²) >= 11 is 6.20. The number of halogens is 1. The number of carbonyl (C=O) groups is 1. The van der Waals surface area contributed by atoms with Gasteiger partial charge in [0.15, 0.2) is 0 Å². The minimum absolute atomic E-state index is 0.00905. The number of hydrogen-bond donors (Lipinski definition) is 3. The van der Waals surface area contributed by atoms with Gasteiger partial charge in [0.2, 0.25) is 5.43 Å². The smallest absolute Gasteiger partial charge is 0.336 e. The van der Waals surface area contributed by atoms with Gasteiger partial charge >= 0.3 is 5.97 Å². The fraction of sp³-hybridized carbons (Fsp3) is 0.0333. The van der Waals surface area contributed by atoms with Crippen molar-refractivity contribution in [1.82, 2.24) is 4.98 Å². The molecule has 2 aliphatic rings. The lowest BCUT2D eigenvalue weighted by molar-refractivity contribution is 0.0697. The Hall–Kier alpha value is -4.88. The predicted octanol–water partition coefficient (Wildman–Crippen LogP) is 6.78. The van der Waals surface area contributed by atoms with Crippen LogP contribution in [-0.4, -0.2) is 21.2 Å². The third-order valence-corrected chi connectivity index (χ3v) is 6.83. The van der Waals surface area contributed by atoms with E-state index in [4.69, 9.17) is 16.0 Å². The third kappa shape index (κ3) is 3.90. The Bertz CT molecular complexity index is 1910. The molecule has 0 atom stereocenters. The lowest BCUT2D eigenvalue weighted by atomic mass is 9.90. The number of aromatic hydroxyl groups is 1. The van der Waals surface area contributed by atoms with E-state index in [1.165, 1.54) is 18.2 Å². The van der Waals surface area contributed by atoms with Gasteiger partial charge in [0.1, 0.15) is 17.1 Å². The van der Waals surface area contributed by atoms with Crippen molar-refractivity contribution in [3.63, 3.8) is 0 Å². The SMILES string of the molecule is O=C(O)c1ccccc1-c1c2cc(Cl)c(=O)cc-2oc2c(CNc3cccc4cccnc34)c(O)ccc12. The number of carboxylic acids is 1. The van der Waals surface area contributed by atoms with Crippen LogP contribution in [0, 0.1) is 0 Å². The number of phenolic OH excluding ortho intramolecular Hbond substituents is 1. The van der Waals surface area contributed by atoms with Crippen LogP contribution in [0.2, 0.25) is 5.02 Å². The molecule has 0 amide bonds. The van der Waals surface area contributed by atoms with Crippen LogP contribution in [0.25, 0.3) is 44.3 Å². The summed E-state index contributed by atoms with van der Waals surface area (Å²) < 4.78 is 6.21. The van der Waals surface area contributed by atoms with Gasteiger partial charge < -0.3 is 19.9 Å². The molecule has 38 heavy (non-hydrogen) atoms. The standard InChI is InChI=1S/C30H19ClN2O5/c31-22-13-20-26(14-25(22)35)38-29-19(27(20)17-7-1-2-8-18(17)30(36)37)10-11-24(34)21(29)15-33-23-9-3-5-16-6-4-12-32-28(16)23/h1-14,33-34H,15H2,(H,36,37). The van der Waals surface area contributed by atoms with E-state index in [1.807, 2.05) is 30.3 Å². The molecule has 0 unspecified atom stereocenters. The zero-order valence-corrected chi connectivity index (χ0v) is 20.5. The fourth-order valence-electron chi connectivity index (χ4n) is 4.78. The number of fused-ring (bicyclic) bond motifs is 3. The van der Waals surface area contributed by atoms with E-state index >= 15 is 0 Å². The van der Waals surface area contributed by atoms with E-state index in [-0.39, 0.29) is 28.6 Å². The second-order valence-electron chi connectivity index (χ2n) is 8.78. The van der Waals surface area contributed by atoms with Crippen LogP contribution in [0.15, 0.2) is 94.3 Å². The van der Waals surface area contributed by atoms with Gasteiger partial charge in [-0.2, -0.15) is 0 Å². The van der Waals surface area contributed by atoms with Crippen LogP contribution in [0.4, 0.5) is 5.69 Å². The Morgan fingerprint density at radius 2 is 1.79 bits per heavy atom. The van der Waals surface area contributed by atoms with E-state index in [0.29, 0.717) is 33.2 Å². The number of aromatic nitrogens is 1. The summed E-state index contributed by atoms with van der Waals surface area (Å²) in [4.78, 5) is 29.0. The molecule has 4 aromatic rings. The number of carboxylic acid groups (broad SMARTS) is 1. The highest BCUT2D eigenvalue weighted by Gasteiger charge is 2.24. The molecular formula is C30H19ClN2O5. The average molecular weight is 523 g/mol. The molecule has 1 aromatic heterocycles. The number of rotatable bonds is 5. The van der Waals surface area contributed by atoms with Crippen molar-refractivity contribution in [3.05, 3.63) is 111 Å². The normalized spacial score (nSPS) is 11.3. The van der Waals surface area contributed by atoms with Gasteiger partial charge in [0.25, 0.3) is 0 Å². The Labute approximate surface area is 220 Å². The van der Waals surface area contributed by atoms with Crippen molar-refractivity contribution < 1.29 is 19.4 Å². The molecule has 2 heterocycles. The van der Waals surface area contributed by atoms with Crippen molar-refractivity contribution in [1.29, 1.82) is 0 Å². The molecular weight excluding hydrogens is 504 g/mol. The molecule has 0 saturated heterocycles. The third-order valence-electron chi connectivity index (χ3n) is 6.54. The minimum atomic E-state index is -1.10. The van der Waals surface area contributed by atoms with E-state index in [2.05, 4.69) is 10.3 Å². The van der Waals surface area contributed by atoms with Crippen LogP contribution >= 0.6 is 11.6 Å². The molecule has 0 fully saturated rings. The maximum absolute atomic E-state index is 12.4. The lowest BCUT2D eigenvalue weighted by Crippen LogP contribution is -2.06. The van der Waals surface area contributed by atoms with Crippen LogP contribution in [0.5, 0.6) is 5.75 Å². The number of pyridine rings is 1. The summed E-state index contributed by atoms with van der Waals surface area (Å²) in [7, 11) is 0. The van der Waals surface area contributed by atoms with Crippen LogP contribution in [-0.2, 0) is 6.54 Å². The van der Waals surface area contributed by atoms with Gasteiger partial charge in [-0.3, -0.25) is 9.78 Å². The largest absolute Gasteiger partial charge is 0.507 e. The molecule has 1 aliphatic heterocycles.